The molecule has 0 spiro atoms. The van der Waals surface area contributed by atoms with Gasteiger partial charge in [-0.25, -0.2) is 0 Å². The van der Waals surface area contributed by atoms with Gasteiger partial charge in [-0.2, -0.15) is 13.2 Å². The van der Waals surface area contributed by atoms with Gasteiger partial charge in [0.15, 0.2) is 6.17 Å². The van der Waals surface area contributed by atoms with Crippen molar-refractivity contribution in [3.8, 4) is 0 Å². The Morgan fingerprint density at radius 1 is 1.47 bits per heavy atom. The highest BCUT2D eigenvalue weighted by Gasteiger charge is 2.37. The summed E-state index contributed by atoms with van der Waals surface area (Å²) in [5.74, 6) is 0. The van der Waals surface area contributed by atoms with Gasteiger partial charge in [0.05, 0.1) is 5.70 Å². The molecule has 1 unspecified atom stereocenters. The zero-order valence-corrected chi connectivity index (χ0v) is 9.35. The van der Waals surface area contributed by atoms with Gasteiger partial charge in [-0.3, -0.25) is 0 Å². The molecule has 1 atom stereocenters. The van der Waals surface area contributed by atoms with Crippen LogP contribution in [0.3, 0.4) is 0 Å². The van der Waals surface area contributed by atoms with E-state index in [0.717, 1.165) is 12.8 Å². The highest BCUT2D eigenvalue weighted by molar-refractivity contribution is 5.26. The van der Waals surface area contributed by atoms with Gasteiger partial charge in [-0.05, 0) is 31.5 Å². The van der Waals surface area contributed by atoms with Crippen molar-refractivity contribution in [2.24, 2.45) is 5.73 Å². The molecule has 1 aliphatic carbocycles. The molecule has 3 nitrogen and oxygen atoms in total. The number of hydrogen-bond donors (Lipinski definition) is 3. The van der Waals surface area contributed by atoms with E-state index in [4.69, 9.17) is 5.73 Å². The van der Waals surface area contributed by atoms with Crippen LogP contribution in [0.25, 0.3) is 0 Å². The maximum atomic E-state index is 12.3. The summed E-state index contributed by atoms with van der Waals surface area (Å²) in [5.41, 5.74) is 6.09. The van der Waals surface area contributed by atoms with Crippen LogP contribution < -0.4 is 16.4 Å². The summed E-state index contributed by atoms with van der Waals surface area (Å²) in [6.45, 7) is 3.49. The minimum absolute atomic E-state index is 0.462. The third kappa shape index (κ3) is 4.14. The molecule has 0 saturated heterocycles. The van der Waals surface area contributed by atoms with Crippen LogP contribution in [0.5, 0.6) is 0 Å². The van der Waals surface area contributed by atoms with Gasteiger partial charge in [0.1, 0.15) is 0 Å². The number of nitrogens with two attached hydrogens (primary N) is 1. The van der Waals surface area contributed by atoms with Crippen molar-refractivity contribution in [2.75, 3.05) is 0 Å². The fourth-order valence-electron chi connectivity index (χ4n) is 1.50. The molecule has 0 aromatic rings. The van der Waals surface area contributed by atoms with Crippen molar-refractivity contribution in [1.29, 1.82) is 0 Å². The Bertz CT molecular complexity index is 331. The van der Waals surface area contributed by atoms with E-state index in [0.29, 0.717) is 17.8 Å². The number of halogens is 3. The van der Waals surface area contributed by atoms with E-state index in [9.17, 15) is 13.2 Å². The van der Waals surface area contributed by atoms with Gasteiger partial charge in [-0.1, -0.05) is 12.7 Å². The van der Waals surface area contributed by atoms with E-state index in [-0.39, 0.29) is 0 Å². The largest absolute Gasteiger partial charge is 0.421 e. The highest BCUT2D eigenvalue weighted by atomic mass is 19.4. The van der Waals surface area contributed by atoms with Gasteiger partial charge >= 0.3 is 6.18 Å². The normalized spacial score (nSPS) is 18.6. The van der Waals surface area contributed by atoms with E-state index >= 15 is 0 Å². The van der Waals surface area contributed by atoms with Crippen molar-refractivity contribution in [1.82, 2.24) is 10.6 Å². The van der Waals surface area contributed by atoms with Crippen LogP contribution in [-0.2, 0) is 0 Å². The Kier molecular flexibility index (Phi) is 4.62. The van der Waals surface area contributed by atoms with Gasteiger partial charge in [0.25, 0.3) is 0 Å². The van der Waals surface area contributed by atoms with Crippen LogP contribution in [0.2, 0.25) is 0 Å². The first-order valence-electron chi connectivity index (χ1n) is 5.31. The molecule has 1 rings (SSSR count). The first kappa shape index (κ1) is 13.6. The molecule has 0 saturated carbocycles. The van der Waals surface area contributed by atoms with Crippen molar-refractivity contribution >= 4 is 0 Å². The van der Waals surface area contributed by atoms with Crippen molar-refractivity contribution in [2.45, 2.75) is 31.6 Å². The summed E-state index contributed by atoms with van der Waals surface area (Å²) in [7, 11) is 0. The maximum Gasteiger partial charge on any atom is 0.421 e. The Labute approximate surface area is 98.3 Å². The van der Waals surface area contributed by atoms with E-state index in [1.54, 1.807) is 6.08 Å². The average molecular weight is 247 g/mol. The lowest BCUT2D eigenvalue weighted by Crippen LogP contribution is -2.49. The number of allylic oxidation sites excluding steroid dienone is 3. The maximum absolute atomic E-state index is 12.3. The summed E-state index contributed by atoms with van der Waals surface area (Å²) in [6.07, 6.45) is 0.687. The average Bonchev–Trinajstić information content (AvgIpc) is 2.44. The molecule has 96 valence electrons. The summed E-state index contributed by atoms with van der Waals surface area (Å²) in [5, 5.41) is 5.11. The second kappa shape index (κ2) is 5.77. The van der Waals surface area contributed by atoms with Crippen molar-refractivity contribution in [3.63, 3.8) is 0 Å². The second-order valence-corrected chi connectivity index (χ2v) is 3.70. The van der Waals surface area contributed by atoms with Crippen LogP contribution in [0, 0.1) is 0 Å². The smallest absolute Gasteiger partial charge is 0.364 e. The fraction of sp³-hybridized carbons (Fsp3) is 0.455. The molecule has 6 heteroatoms. The minimum Gasteiger partial charge on any atom is -0.364 e. The van der Waals surface area contributed by atoms with Crippen molar-refractivity contribution in [3.05, 3.63) is 36.3 Å². The highest BCUT2D eigenvalue weighted by Crippen LogP contribution is 2.21. The molecule has 0 bridgehead atoms. The van der Waals surface area contributed by atoms with Crippen LogP contribution in [0.4, 0.5) is 13.2 Å². The van der Waals surface area contributed by atoms with Crippen molar-refractivity contribution < 1.29 is 13.2 Å². The minimum atomic E-state index is -4.46. The molecular formula is C11H16F3N3. The monoisotopic (exact) mass is 247 g/mol. The number of alkyl halides is 3. The Morgan fingerprint density at radius 2 is 2.18 bits per heavy atom. The molecule has 0 fully saturated rings. The third-order valence-electron chi connectivity index (χ3n) is 2.35. The first-order chi connectivity index (χ1) is 7.95. The van der Waals surface area contributed by atoms with Crippen LogP contribution in [0.1, 0.15) is 19.3 Å². The van der Waals surface area contributed by atoms with E-state index in [1.807, 2.05) is 6.08 Å². The summed E-state index contributed by atoms with van der Waals surface area (Å²) in [4.78, 5) is 0. The first-order valence-corrected chi connectivity index (χ1v) is 5.31. The molecule has 0 amide bonds. The molecule has 0 aromatic carbocycles. The van der Waals surface area contributed by atoms with Gasteiger partial charge in [0, 0.05) is 5.70 Å². The topological polar surface area (TPSA) is 50.1 Å². The standard InChI is InChI=1S/C11H16F3N3/c1-2-16-8-6-4-3-5-7-9(8)17-10(15)11(12,13)14/h2,4,6,10,16-17H,1,3,5,7,15H2. The predicted molar refractivity (Wildman–Crippen MR) is 60.5 cm³/mol. The lowest BCUT2D eigenvalue weighted by molar-refractivity contribution is -0.152. The Morgan fingerprint density at radius 3 is 2.76 bits per heavy atom. The van der Waals surface area contributed by atoms with Gasteiger partial charge < -0.3 is 16.4 Å². The third-order valence-corrected chi connectivity index (χ3v) is 2.35. The van der Waals surface area contributed by atoms with E-state index in [1.165, 1.54) is 6.20 Å². The van der Waals surface area contributed by atoms with E-state index < -0.39 is 12.3 Å². The molecule has 0 aliphatic heterocycles. The van der Waals surface area contributed by atoms with Crippen LogP contribution in [-0.4, -0.2) is 12.3 Å². The lowest BCUT2D eigenvalue weighted by Gasteiger charge is -2.21. The summed E-state index contributed by atoms with van der Waals surface area (Å²) in [6, 6.07) is 0. The van der Waals surface area contributed by atoms with E-state index in [2.05, 4.69) is 17.2 Å². The van der Waals surface area contributed by atoms with Crippen LogP contribution in [0.15, 0.2) is 36.3 Å². The molecule has 0 radical (unpaired) electrons. The number of hydrogen-bond acceptors (Lipinski definition) is 3. The zero-order valence-electron chi connectivity index (χ0n) is 9.35. The molecule has 17 heavy (non-hydrogen) atoms. The quantitative estimate of drug-likeness (QED) is 0.667. The molecule has 0 heterocycles. The number of rotatable bonds is 4. The summed E-state index contributed by atoms with van der Waals surface area (Å²) < 4.78 is 37.0. The van der Waals surface area contributed by atoms with Crippen LogP contribution >= 0.6 is 0 Å². The Balaban J connectivity index is 2.83. The molecule has 1 aliphatic rings. The lowest BCUT2D eigenvalue weighted by atomic mass is 10.2. The fourth-order valence-corrected chi connectivity index (χ4v) is 1.50. The predicted octanol–water partition coefficient (Wildman–Crippen LogP) is 2.11. The molecular weight excluding hydrogens is 231 g/mol. The van der Waals surface area contributed by atoms with Gasteiger partial charge in [-0.15, -0.1) is 0 Å². The molecule has 0 aromatic heterocycles. The summed E-state index contributed by atoms with van der Waals surface area (Å²) >= 11 is 0. The second-order valence-electron chi connectivity index (χ2n) is 3.70. The Hall–Kier alpha value is -1.43. The van der Waals surface area contributed by atoms with Gasteiger partial charge in [0.2, 0.25) is 0 Å². The SMILES string of the molecule is C=CNC1=C(NC(N)C(F)(F)F)CCCC=C1. The zero-order chi connectivity index (χ0) is 12.9. The molecule has 4 N–H and O–H groups in total. The number of nitrogens with one attached hydrogen (secondary N) is 2.